The van der Waals surface area contributed by atoms with Gasteiger partial charge in [-0.3, -0.25) is 19.5 Å². The molecule has 0 saturated carbocycles. The Morgan fingerprint density at radius 1 is 1.29 bits per heavy atom. The average Bonchev–Trinajstić information content (AvgIpc) is 3.18. The van der Waals surface area contributed by atoms with Crippen LogP contribution in [0.1, 0.15) is 27.6 Å². The van der Waals surface area contributed by atoms with E-state index < -0.39 is 0 Å². The monoisotopic (exact) mass is 378 g/mol. The van der Waals surface area contributed by atoms with Crippen molar-refractivity contribution in [3.05, 3.63) is 71.7 Å². The van der Waals surface area contributed by atoms with Crippen LogP contribution in [0.25, 0.3) is 0 Å². The Bertz CT molecular complexity index is 1020. The smallest absolute Gasteiger partial charge is 0.273 e. The normalized spacial score (nSPS) is 13.0. The van der Waals surface area contributed by atoms with Crippen molar-refractivity contribution in [3.8, 4) is 5.75 Å². The first-order chi connectivity index (χ1) is 13.6. The van der Waals surface area contributed by atoms with Crippen LogP contribution in [0.15, 0.2) is 53.3 Å². The highest BCUT2D eigenvalue weighted by atomic mass is 16.5. The van der Waals surface area contributed by atoms with E-state index in [2.05, 4.69) is 15.3 Å². The molecule has 0 unspecified atom stereocenters. The fourth-order valence-electron chi connectivity index (χ4n) is 2.87. The van der Waals surface area contributed by atoms with E-state index in [1.165, 1.54) is 6.26 Å². The van der Waals surface area contributed by atoms with Gasteiger partial charge in [0.15, 0.2) is 12.3 Å². The van der Waals surface area contributed by atoms with Crippen molar-refractivity contribution in [2.45, 2.75) is 20.0 Å². The van der Waals surface area contributed by atoms with Gasteiger partial charge in [-0.25, -0.2) is 4.98 Å². The molecule has 0 atom stereocenters. The van der Waals surface area contributed by atoms with E-state index in [1.807, 2.05) is 43.3 Å². The van der Waals surface area contributed by atoms with Gasteiger partial charge in [0.25, 0.3) is 11.8 Å². The topological polar surface area (TPSA) is 97.6 Å². The second-order valence-corrected chi connectivity index (χ2v) is 6.37. The number of aromatic nitrogens is 2. The van der Waals surface area contributed by atoms with Crippen molar-refractivity contribution in [1.29, 1.82) is 0 Å². The first kappa shape index (κ1) is 17.7. The molecule has 8 nitrogen and oxygen atoms in total. The number of rotatable bonds is 5. The van der Waals surface area contributed by atoms with Gasteiger partial charge in [-0.2, -0.15) is 0 Å². The number of carbonyl (C=O) groups is 2. The zero-order valence-corrected chi connectivity index (χ0v) is 15.2. The molecule has 1 N–H and O–H groups in total. The van der Waals surface area contributed by atoms with Gasteiger partial charge in [-0.1, -0.05) is 12.1 Å². The number of nitrogens with zero attached hydrogens (tertiary/aromatic N) is 3. The molecule has 2 aromatic heterocycles. The van der Waals surface area contributed by atoms with Gasteiger partial charge in [0.1, 0.15) is 18.6 Å². The third-order valence-electron chi connectivity index (χ3n) is 4.29. The lowest BCUT2D eigenvalue weighted by molar-refractivity contribution is -0.121. The lowest BCUT2D eigenvalue weighted by Gasteiger charge is -2.28. The SMILES string of the molecule is Cc1ccc2c(c1)N(Cc1nc(C(=O)NCc3ccccn3)co1)C(=O)CO2. The molecule has 1 aliphatic rings. The van der Waals surface area contributed by atoms with Crippen LogP contribution in [-0.2, 0) is 17.9 Å². The third kappa shape index (κ3) is 3.71. The molecule has 0 bridgehead atoms. The minimum atomic E-state index is -0.370. The van der Waals surface area contributed by atoms with Crippen LogP contribution in [0, 0.1) is 6.92 Å². The van der Waals surface area contributed by atoms with Crippen molar-refractivity contribution in [2.75, 3.05) is 11.5 Å². The summed E-state index contributed by atoms with van der Waals surface area (Å²) in [6, 6.07) is 11.1. The summed E-state index contributed by atoms with van der Waals surface area (Å²) in [4.78, 5) is 34.5. The zero-order chi connectivity index (χ0) is 19.5. The van der Waals surface area contributed by atoms with E-state index in [4.69, 9.17) is 9.15 Å². The number of aryl methyl sites for hydroxylation is 1. The second-order valence-electron chi connectivity index (χ2n) is 6.37. The number of oxazole rings is 1. The Hall–Kier alpha value is -3.68. The molecule has 8 heteroatoms. The molecule has 2 amide bonds. The second kappa shape index (κ2) is 7.51. The molecule has 0 spiro atoms. The maximum Gasteiger partial charge on any atom is 0.273 e. The highest BCUT2D eigenvalue weighted by Gasteiger charge is 2.27. The van der Waals surface area contributed by atoms with E-state index in [9.17, 15) is 9.59 Å². The number of hydrogen-bond acceptors (Lipinski definition) is 6. The van der Waals surface area contributed by atoms with Crippen LogP contribution in [0.5, 0.6) is 5.75 Å². The average molecular weight is 378 g/mol. The molecule has 28 heavy (non-hydrogen) atoms. The number of pyridine rings is 1. The fraction of sp³-hybridized carbons (Fsp3) is 0.200. The Kier molecular flexibility index (Phi) is 4.76. The predicted octanol–water partition coefficient (Wildman–Crippen LogP) is 2.23. The number of benzene rings is 1. The van der Waals surface area contributed by atoms with Crippen molar-refractivity contribution in [3.63, 3.8) is 0 Å². The summed E-state index contributed by atoms with van der Waals surface area (Å²) in [6.07, 6.45) is 2.94. The van der Waals surface area contributed by atoms with Crippen molar-refractivity contribution < 1.29 is 18.7 Å². The Balaban J connectivity index is 1.46. The largest absolute Gasteiger partial charge is 0.482 e. The standard InChI is InChI=1S/C20H18N4O4/c1-13-5-6-17-16(8-13)24(19(25)12-27-17)10-18-23-15(11-28-18)20(26)22-9-14-4-2-3-7-21-14/h2-8,11H,9-10,12H2,1H3,(H,22,26). The summed E-state index contributed by atoms with van der Waals surface area (Å²) in [6.45, 7) is 2.30. The highest BCUT2D eigenvalue weighted by molar-refractivity contribution is 5.97. The van der Waals surface area contributed by atoms with Crippen LogP contribution < -0.4 is 15.0 Å². The number of ether oxygens (including phenoxy) is 1. The minimum absolute atomic E-state index is 0.0474. The van der Waals surface area contributed by atoms with Crippen LogP contribution >= 0.6 is 0 Å². The molecule has 1 aliphatic heterocycles. The summed E-state index contributed by atoms with van der Waals surface area (Å²) in [5, 5.41) is 2.74. The maximum atomic E-state index is 12.3. The fourth-order valence-corrected chi connectivity index (χ4v) is 2.87. The molecule has 142 valence electrons. The van der Waals surface area contributed by atoms with Crippen LogP contribution in [-0.4, -0.2) is 28.4 Å². The van der Waals surface area contributed by atoms with Crippen molar-refractivity contribution in [1.82, 2.24) is 15.3 Å². The van der Waals surface area contributed by atoms with Gasteiger partial charge in [0.2, 0.25) is 5.89 Å². The van der Waals surface area contributed by atoms with E-state index in [0.717, 1.165) is 11.3 Å². The molecular formula is C20H18N4O4. The number of fused-ring (bicyclic) bond motifs is 1. The first-order valence-corrected chi connectivity index (χ1v) is 8.76. The molecule has 0 fully saturated rings. The lowest BCUT2D eigenvalue weighted by atomic mass is 10.1. The molecule has 3 aromatic rings. The van der Waals surface area contributed by atoms with E-state index in [-0.39, 0.29) is 43.1 Å². The van der Waals surface area contributed by atoms with Crippen molar-refractivity contribution in [2.24, 2.45) is 0 Å². The van der Waals surface area contributed by atoms with Gasteiger partial charge in [0, 0.05) is 6.20 Å². The summed E-state index contributed by atoms with van der Waals surface area (Å²) >= 11 is 0. The molecular weight excluding hydrogens is 360 g/mol. The summed E-state index contributed by atoms with van der Waals surface area (Å²) < 4.78 is 10.9. The number of hydrogen-bond donors (Lipinski definition) is 1. The van der Waals surface area contributed by atoms with Crippen LogP contribution in [0.3, 0.4) is 0 Å². The van der Waals surface area contributed by atoms with Crippen LogP contribution in [0.4, 0.5) is 5.69 Å². The third-order valence-corrected chi connectivity index (χ3v) is 4.29. The van der Waals surface area contributed by atoms with Gasteiger partial charge >= 0.3 is 0 Å². The van der Waals surface area contributed by atoms with Gasteiger partial charge in [-0.15, -0.1) is 0 Å². The number of carbonyl (C=O) groups excluding carboxylic acids is 2. The maximum absolute atomic E-state index is 12.3. The molecule has 4 rings (SSSR count). The van der Waals surface area contributed by atoms with Gasteiger partial charge in [-0.05, 0) is 36.8 Å². The summed E-state index contributed by atoms with van der Waals surface area (Å²) in [5.41, 5.74) is 2.56. The summed E-state index contributed by atoms with van der Waals surface area (Å²) in [7, 11) is 0. The lowest BCUT2D eigenvalue weighted by Crippen LogP contribution is -2.38. The van der Waals surface area contributed by atoms with E-state index in [0.29, 0.717) is 11.4 Å². The molecule has 1 aromatic carbocycles. The molecule has 3 heterocycles. The molecule has 0 radical (unpaired) electrons. The van der Waals surface area contributed by atoms with Gasteiger partial charge in [0.05, 0.1) is 17.9 Å². The van der Waals surface area contributed by atoms with Gasteiger partial charge < -0.3 is 14.5 Å². The highest BCUT2D eigenvalue weighted by Crippen LogP contribution is 2.33. The first-order valence-electron chi connectivity index (χ1n) is 8.76. The quantitative estimate of drug-likeness (QED) is 0.731. The minimum Gasteiger partial charge on any atom is -0.482 e. The Labute approximate surface area is 161 Å². The number of amides is 2. The number of nitrogens with one attached hydrogen (secondary N) is 1. The molecule has 0 aliphatic carbocycles. The Morgan fingerprint density at radius 3 is 3.00 bits per heavy atom. The number of anilines is 1. The predicted molar refractivity (Wildman–Crippen MR) is 99.8 cm³/mol. The molecule has 0 saturated heterocycles. The van der Waals surface area contributed by atoms with E-state index >= 15 is 0 Å². The van der Waals surface area contributed by atoms with E-state index in [1.54, 1.807) is 11.1 Å². The summed E-state index contributed by atoms with van der Waals surface area (Å²) in [5.74, 6) is 0.332. The Morgan fingerprint density at radius 2 is 2.18 bits per heavy atom. The zero-order valence-electron chi connectivity index (χ0n) is 15.2. The van der Waals surface area contributed by atoms with Crippen LogP contribution in [0.2, 0.25) is 0 Å². The van der Waals surface area contributed by atoms with Crippen molar-refractivity contribution >= 4 is 17.5 Å².